The van der Waals surface area contributed by atoms with Crippen molar-refractivity contribution in [2.24, 2.45) is 0 Å². The third-order valence-electron chi connectivity index (χ3n) is 3.43. The topological polar surface area (TPSA) is 74.6 Å². The number of aliphatic hydroxyl groups excluding tert-OH is 1. The van der Waals surface area contributed by atoms with Crippen molar-refractivity contribution < 1.29 is 18.1 Å². The lowest BCUT2D eigenvalue weighted by Gasteiger charge is -2.12. The van der Waals surface area contributed by atoms with E-state index in [0.717, 1.165) is 51.4 Å². The molecular formula is C14H30O4S. The van der Waals surface area contributed by atoms with Crippen molar-refractivity contribution in [3.63, 3.8) is 0 Å². The van der Waals surface area contributed by atoms with Crippen LogP contribution in [0.1, 0.15) is 78.1 Å². The fourth-order valence-electron chi connectivity index (χ4n) is 2.28. The maximum atomic E-state index is 11.1. The van der Waals surface area contributed by atoms with E-state index in [9.17, 15) is 8.42 Å². The summed E-state index contributed by atoms with van der Waals surface area (Å²) in [6.45, 7) is 3.74. The third-order valence-corrected chi connectivity index (χ3v) is 4.74. The van der Waals surface area contributed by atoms with Crippen LogP contribution in [0.2, 0.25) is 0 Å². The van der Waals surface area contributed by atoms with Crippen LogP contribution in [0.15, 0.2) is 0 Å². The van der Waals surface area contributed by atoms with Gasteiger partial charge in [0, 0.05) is 0 Å². The molecule has 0 rings (SSSR count). The average Bonchev–Trinajstić information content (AvgIpc) is 2.29. The molecule has 0 amide bonds. The molecule has 0 radical (unpaired) electrons. The minimum absolute atomic E-state index is 0.204. The summed E-state index contributed by atoms with van der Waals surface area (Å²) < 4.78 is 31.3. The van der Waals surface area contributed by atoms with E-state index in [1.54, 1.807) is 0 Å². The van der Waals surface area contributed by atoms with Gasteiger partial charge in [-0.2, -0.15) is 8.42 Å². The van der Waals surface area contributed by atoms with Gasteiger partial charge < -0.3 is 5.11 Å². The summed E-state index contributed by atoms with van der Waals surface area (Å²) in [5, 5.41) is 8.52. The van der Waals surface area contributed by atoms with E-state index >= 15 is 0 Å². The van der Waals surface area contributed by atoms with Gasteiger partial charge in [-0.05, 0) is 26.2 Å². The molecule has 0 aromatic heterocycles. The lowest BCUT2D eigenvalue weighted by molar-refractivity contribution is 0.180. The lowest BCUT2D eigenvalue weighted by Crippen LogP contribution is -2.20. The van der Waals surface area contributed by atoms with E-state index in [-0.39, 0.29) is 6.10 Å². The van der Waals surface area contributed by atoms with E-state index in [1.807, 2.05) is 13.8 Å². The standard InChI is InChI=1S/C14H30O4S/c1-3-10-14(19(16,17)18)12-9-7-5-4-6-8-11-13(2)15/h13-15H,3-12H2,1-2H3,(H,16,17,18). The second kappa shape index (κ2) is 10.6. The highest BCUT2D eigenvalue weighted by Gasteiger charge is 2.20. The van der Waals surface area contributed by atoms with Crippen LogP contribution in [0.5, 0.6) is 0 Å². The fourth-order valence-corrected chi connectivity index (χ4v) is 3.28. The molecule has 116 valence electrons. The zero-order valence-corrected chi connectivity index (χ0v) is 13.2. The predicted molar refractivity (Wildman–Crippen MR) is 78.9 cm³/mol. The van der Waals surface area contributed by atoms with Crippen LogP contribution in [0.25, 0.3) is 0 Å². The zero-order valence-electron chi connectivity index (χ0n) is 12.3. The predicted octanol–water partition coefficient (Wildman–Crippen LogP) is 3.54. The van der Waals surface area contributed by atoms with Gasteiger partial charge in [0.15, 0.2) is 0 Å². The SMILES string of the molecule is CCCC(CCCCCCCCC(C)O)S(=O)(=O)O. The molecule has 0 aliphatic heterocycles. The number of aliphatic hydroxyl groups is 1. The van der Waals surface area contributed by atoms with Crippen LogP contribution >= 0.6 is 0 Å². The average molecular weight is 294 g/mol. The molecule has 0 saturated heterocycles. The minimum atomic E-state index is -3.87. The Labute approximate surface area is 118 Å². The summed E-state index contributed by atoms with van der Waals surface area (Å²) in [5.74, 6) is 0. The van der Waals surface area contributed by atoms with E-state index in [4.69, 9.17) is 9.66 Å². The van der Waals surface area contributed by atoms with E-state index in [0.29, 0.717) is 12.8 Å². The minimum Gasteiger partial charge on any atom is -0.393 e. The molecule has 5 heteroatoms. The van der Waals surface area contributed by atoms with Crippen LogP contribution in [0.4, 0.5) is 0 Å². The summed E-state index contributed by atoms with van der Waals surface area (Å²) in [6.07, 6.45) is 8.86. The van der Waals surface area contributed by atoms with Gasteiger partial charge in [0.25, 0.3) is 10.1 Å². The second-order valence-corrected chi connectivity index (χ2v) is 7.17. The normalized spacial score (nSPS) is 15.4. The van der Waals surface area contributed by atoms with Crippen LogP contribution < -0.4 is 0 Å². The number of rotatable bonds is 12. The second-order valence-electron chi connectivity index (χ2n) is 5.47. The quantitative estimate of drug-likeness (QED) is 0.426. The highest BCUT2D eigenvalue weighted by atomic mass is 32.2. The molecule has 0 saturated carbocycles. The van der Waals surface area contributed by atoms with Gasteiger partial charge >= 0.3 is 0 Å². The van der Waals surface area contributed by atoms with Crippen molar-refractivity contribution in [1.82, 2.24) is 0 Å². The molecule has 2 N–H and O–H groups in total. The van der Waals surface area contributed by atoms with Crippen LogP contribution in [-0.4, -0.2) is 29.4 Å². The first-order chi connectivity index (χ1) is 8.88. The Bertz CT molecular complexity index is 299. The molecule has 2 atom stereocenters. The first kappa shape index (κ1) is 18.9. The highest BCUT2D eigenvalue weighted by molar-refractivity contribution is 7.86. The summed E-state index contributed by atoms with van der Waals surface area (Å²) in [7, 11) is -3.87. The molecule has 0 aliphatic carbocycles. The Kier molecular flexibility index (Phi) is 10.6. The van der Waals surface area contributed by atoms with Crippen LogP contribution in [0, 0.1) is 0 Å². The molecule has 0 heterocycles. The van der Waals surface area contributed by atoms with Crippen molar-refractivity contribution in [1.29, 1.82) is 0 Å². The van der Waals surface area contributed by atoms with Gasteiger partial charge in [0.2, 0.25) is 0 Å². The van der Waals surface area contributed by atoms with Crippen molar-refractivity contribution in [3.8, 4) is 0 Å². The molecule has 0 spiro atoms. The fraction of sp³-hybridized carbons (Fsp3) is 1.00. The lowest BCUT2D eigenvalue weighted by atomic mass is 10.0. The molecule has 0 aromatic rings. The van der Waals surface area contributed by atoms with Crippen LogP contribution in [0.3, 0.4) is 0 Å². The number of hydrogen-bond acceptors (Lipinski definition) is 3. The Morgan fingerprint density at radius 1 is 0.895 bits per heavy atom. The molecule has 0 aliphatic rings. The molecule has 0 fully saturated rings. The summed E-state index contributed by atoms with van der Waals surface area (Å²) in [4.78, 5) is 0. The van der Waals surface area contributed by atoms with Gasteiger partial charge in [-0.15, -0.1) is 0 Å². The molecule has 0 bridgehead atoms. The van der Waals surface area contributed by atoms with Crippen molar-refractivity contribution in [2.75, 3.05) is 0 Å². The largest absolute Gasteiger partial charge is 0.393 e. The van der Waals surface area contributed by atoms with Gasteiger partial charge in [-0.1, -0.05) is 51.9 Å². The molecule has 0 aromatic carbocycles. The number of hydrogen-bond donors (Lipinski definition) is 2. The number of unbranched alkanes of at least 4 members (excludes halogenated alkanes) is 5. The van der Waals surface area contributed by atoms with Crippen LogP contribution in [-0.2, 0) is 10.1 Å². The monoisotopic (exact) mass is 294 g/mol. The highest BCUT2D eigenvalue weighted by Crippen LogP contribution is 2.17. The Balaban J connectivity index is 3.56. The Morgan fingerprint density at radius 2 is 1.37 bits per heavy atom. The van der Waals surface area contributed by atoms with Gasteiger partial charge in [-0.3, -0.25) is 4.55 Å². The first-order valence-corrected chi connectivity index (χ1v) is 9.02. The molecule has 4 nitrogen and oxygen atoms in total. The maximum absolute atomic E-state index is 11.1. The van der Waals surface area contributed by atoms with E-state index in [1.165, 1.54) is 0 Å². The Hall–Kier alpha value is -0.130. The van der Waals surface area contributed by atoms with Crippen molar-refractivity contribution in [2.45, 2.75) is 89.4 Å². The maximum Gasteiger partial charge on any atom is 0.267 e. The van der Waals surface area contributed by atoms with E-state index in [2.05, 4.69) is 0 Å². The van der Waals surface area contributed by atoms with Gasteiger partial charge in [0.1, 0.15) is 0 Å². The summed E-state index contributed by atoms with van der Waals surface area (Å²) >= 11 is 0. The van der Waals surface area contributed by atoms with Crippen molar-refractivity contribution in [3.05, 3.63) is 0 Å². The zero-order chi connectivity index (χ0) is 14.7. The smallest absolute Gasteiger partial charge is 0.267 e. The third kappa shape index (κ3) is 11.4. The van der Waals surface area contributed by atoms with Gasteiger partial charge in [0.05, 0.1) is 11.4 Å². The molecular weight excluding hydrogens is 264 g/mol. The van der Waals surface area contributed by atoms with E-state index < -0.39 is 15.4 Å². The first-order valence-electron chi connectivity index (χ1n) is 7.52. The summed E-state index contributed by atoms with van der Waals surface area (Å²) in [5.41, 5.74) is 0. The molecule has 2 unspecified atom stereocenters. The summed E-state index contributed by atoms with van der Waals surface area (Å²) in [6, 6.07) is 0. The Morgan fingerprint density at radius 3 is 1.79 bits per heavy atom. The van der Waals surface area contributed by atoms with Gasteiger partial charge in [-0.25, -0.2) is 0 Å². The molecule has 19 heavy (non-hydrogen) atoms. The van der Waals surface area contributed by atoms with Crippen molar-refractivity contribution >= 4 is 10.1 Å².